The summed E-state index contributed by atoms with van der Waals surface area (Å²) in [6, 6.07) is 7.10. The Morgan fingerprint density at radius 2 is 2.24 bits per heavy atom. The van der Waals surface area contributed by atoms with E-state index >= 15 is 0 Å². The van der Waals surface area contributed by atoms with E-state index in [2.05, 4.69) is 5.32 Å². The molecule has 0 radical (unpaired) electrons. The van der Waals surface area contributed by atoms with Crippen LogP contribution in [0.2, 0.25) is 0 Å². The van der Waals surface area contributed by atoms with Crippen molar-refractivity contribution in [3.05, 3.63) is 50.6 Å². The summed E-state index contributed by atoms with van der Waals surface area (Å²) in [6.45, 7) is 2.39. The molecule has 1 heterocycles. The molecule has 0 bridgehead atoms. The van der Waals surface area contributed by atoms with Crippen LogP contribution in [0, 0.1) is 6.92 Å². The standard InChI is InChI=1S/C15H18N2O3S/c1-11-10-21-15(20)17(11)7-3-6-14(19)16-13-5-2-4-12(8-13)9-18/h2,4-5,8,10,18H,3,6-7,9H2,1H3,(H,16,19). The number of aliphatic hydroxyl groups excluding tert-OH is 1. The van der Waals surface area contributed by atoms with Gasteiger partial charge >= 0.3 is 4.87 Å². The highest BCUT2D eigenvalue weighted by Crippen LogP contribution is 2.11. The lowest BCUT2D eigenvalue weighted by atomic mass is 10.2. The third kappa shape index (κ3) is 4.27. The Morgan fingerprint density at radius 3 is 2.90 bits per heavy atom. The number of rotatable bonds is 6. The highest BCUT2D eigenvalue weighted by atomic mass is 32.1. The maximum atomic E-state index is 11.9. The molecule has 2 aromatic rings. The van der Waals surface area contributed by atoms with Gasteiger partial charge in [0.2, 0.25) is 5.91 Å². The highest BCUT2D eigenvalue weighted by molar-refractivity contribution is 7.07. The van der Waals surface area contributed by atoms with Gasteiger partial charge in [-0.25, -0.2) is 0 Å². The first kappa shape index (κ1) is 15.5. The van der Waals surface area contributed by atoms with Crippen LogP contribution in [0.15, 0.2) is 34.4 Å². The van der Waals surface area contributed by atoms with Crippen molar-refractivity contribution in [2.24, 2.45) is 0 Å². The number of thiazole rings is 1. The van der Waals surface area contributed by atoms with Crippen molar-refractivity contribution in [1.82, 2.24) is 4.57 Å². The van der Waals surface area contributed by atoms with Gasteiger partial charge in [0.15, 0.2) is 0 Å². The number of hydrogen-bond acceptors (Lipinski definition) is 4. The third-order valence-electron chi connectivity index (χ3n) is 3.16. The van der Waals surface area contributed by atoms with Crippen LogP contribution < -0.4 is 10.2 Å². The smallest absolute Gasteiger partial charge is 0.307 e. The van der Waals surface area contributed by atoms with Crippen molar-refractivity contribution in [3.8, 4) is 0 Å². The largest absolute Gasteiger partial charge is 0.392 e. The Hall–Kier alpha value is -1.92. The van der Waals surface area contributed by atoms with Crippen molar-refractivity contribution < 1.29 is 9.90 Å². The van der Waals surface area contributed by atoms with E-state index in [1.165, 1.54) is 11.3 Å². The molecule has 21 heavy (non-hydrogen) atoms. The molecule has 0 saturated carbocycles. The Kier molecular flexibility index (Phi) is 5.30. The van der Waals surface area contributed by atoms with Crippen molar-refractivity contribution in [2.75, 3.05) is 5.32 Å². The lowest BCUT2D eigenvalue weighted by Gasteiger charge is -2.07. The van der Waals surface area contributed by atoms with Crippen molar-refractivity contribution in [3.63, 3.8) is 0 Å². The average molecular weight is 306 g/mol. The van der Waals surface area contributed by atoms with E-state index in [-0.39, 0.29) is 17.4 Å². The number of anilines is 1. The molecule has 0 aliphatic rings. The number of amides is 1. The van der Waals surface area contributed by atoms with E-state index in [1.54, 1.807) is 28.8 Å². The van der Waals surface area contributed by atoms with Gasteiger partial charge in [0, 0.05) is 29.7 Å². The number of carbonyl (C=O) groups excluding carboxylic acids is 1. The predicted molar refractivity (Wildman–Crippen MR) is 83.5 cm³/mol. The topological polar surface area (TPSA) is 71.3 Å². The molecule has 6 heteroatoms. The van der Waals surface area contributed by atoms with Crippen LogP contribution >= 0.6 is 11.3 Å². The molecule has 2 rings (SSSR count). The molecule has 0 fully saturated rings. The summed E-state index contributed by atoms with van der Waals surface area (Å²) in [5, 5.41) is 13.7. The molecule has 1 aromatic heterocycles. The van der Waals surface area contributed by atoms with Gasteiger partial charge in [-0.15, -0.1) is 0 Å². The number of hydrogen-bond donors (Lipinski definition) is 2. The molecular formula is C15H18N2O3S. The molecule has 0 atom stereocenters. The number of aliphatic hydroxyl groups is 1. The van der Waals surface area contributed by atoms with Crippen LogP contribution in [0.1, 0.15) is 24.1 Å². The molecular weight excluding hydrogens is 288 g/mol. The lowest BCUT2D eigenvalue weighted by Crippen LogP contribution is -2.17. The van der Waals surface area contributed by atoms with Gasteiger partial charge in [-0.1, -0.05) is 23.5 Å². The molecule has 5 nitrogen and oxygen atoms in total. The fourth-order valence-electron chi connectivity index (χ4n) is 2.04. The molecule has 2 N–H and O–H groups in total. The van der Waals surface area contributed by atoms with Gasteiger partial charge in [-0.05, 0) is 31.0 Å². The summed E-state index contributed by atoms with van der Waals surface area (Å²) in [5.74, 6) is -0.0916. The molecule has 0 unspecified atom stereocenters. The second-order valence-electron chi connectivity index (χ2n) is 4.80. The minimum atomic E-state index is -0.0916. The molecule has 1 aromatic carbocycles. The van der Waals surface area contributed by atoms with Crippen molar-refractivity contribution in [1.29, 1.82) is 0 Å². The molecule has 112 valence electrons. The number of benzene rings is 1. The van der Waals surface area contributed by atoms with E-state index < -0.39 is 0 Å². The molecule has 0 spiro atoms. The van der Waals surface area contributed by atoms with E-state index in [1.807, 2.05) is 12.3 Å². The van der Waals surface area contributed by atoms with Gasteiger partial charge in [0.25, 0.3) is 0 Å². The average Bonchev–Trinajstić information content (AvgIpc) is 2.79. The Balaban J connectivity index is 1.83. The van der Waals surface area contributed by atoms with E-state index in [0.29, 0.717) is 25.1 Å². The molecule has 0 aliphatic carbocycles. The van der Waals surface area contributed by atoms with Crippen LogP contribution in [0.4, 0.5) is 5.69 Å². The number of aryl methyl sites for hydroxylation is 1. The van der Waals surface area contributed by atoms with Gasteiger partial charge in [0.1, 0.15) is 0 Å². The lowest BCUT2D eigenvalue weighted by molar-refractivity contribution is -0.116. The molecule has 1 amide bonds. The van der Waals surface area contributed by atoms with Crippen LogP contribution in [-0.2, 0) is 17.9 Å². The molecule has 0 saturated heterocycles. The van der Waals surface area contributed by atoms with Crippen LogP contribution in [0.5, 0.6) is 0 Å². The number of aromatic nitrogens is 1. The normalized spacial score (nSPS) is 10.6. The minimum Gasteiger partial charge on any atom is -0.392 e. The second kappa shape index (κ2) is 7.19. The Morgan fingerprint density at radius 1 is 1.43 bits per heavy atom. The Labute approximate surface area is 126 Å². The first-order valence-corrected chi connectivity index (χ1v) is 7.62. The SMILES string of the molecule is Cc1csc(=O)n1CCCC(=O)Nc1cccc(CO)c1. The monoisotopic (exact) mass is 306 g/mol. The minimum absolute atomic E-state index is 0.0172. The zero-order valence-corrected chi connectivity index (χ0v) is 12.7. The Bertz CT molecular complexity index is 676. The summed E-state index contributed by atoms with van der Waals surface area (Å²) in [5.41, 5.74) is 2.37. The molecule has 0 aliphatic heterocycles. The second-order valence-corrected chi connectivity index (χ2v) is 5.63. The van der Waals surface area contributed by atoms with Crippen molar-refractivity contribution >= 4 is 22.9 Å². The van der Waals surface area contributed by atoms with Crippen LogP contribution in [-0.4, -0.2) is 15.6 Å². The number of nitrogens with zero attached hydrogens (tertiary/aromatic N) is 1. The van der Waals surface area contributed by atoms with Crippen molar-refractivity contribution in [2.45, 2.75) is 32.9 Å². The quantitative estimate of drug-likeness (QED) is 0.859. The fraction of sp³-hybridized carbons (Fsp3) is 0.333. The number of carbonyl (C=O) groups is 1. The van der Waals surface area contributed by atoms with Gasteiger partial charge < -0.3 is 15.0 Å². The summed E-state index contributed by atoms with van der Waals surface area (Å²) in [7, 11) is 0. The maximum absolute atomic E-state index is 11.9. The predicted octanol–water partition coefficient (Wildman–Crippen LogP) is 2.13. The van der Waals surface area contributed by atoms with Crippen LogP contribution in [0.3, 0.4) is 0 Å². The van der Waals surface area contributed by atoms with E-state index in [0.717, 1.165) is 11.3 Å². The first-order chi connectivity index (χ1) is 10.1. The number of nitrogens with one attached hydrogen (secondary N) is 1. The maximum Gasteiger partial charge on any atom is 0.307 e. The van der Waals surface area contributed by atoms with Gasteiger partial charge in [-0.2, -0.15) is 0 Å². The van der Waals surface area contributed by atoms with Gasteiger partial charge in [0.05, 0.1) is 6.61 Å². The van der Waals surface area contributed by atoms with Gasteiger partial charge in [-0.3, -0.25) is 9.59 Å². The zero-order valence-electron chi connectivity index (χ0n) is 11.8. The first-order valence-electron chi connectivity index (χ1n) is 6.74. The third-order valence-corrected chi connectivity index (χ3v) is 4.04. The summed E-state index contributed by atoms with van der Waals surface area (Å²) >= 11 is 1.18. The van der Waals surface area contributed by atoms with E-state index in [9.17, 15) is 9.59 Å². The summed E-state index contributed by atoms with van der Waals surface area (Å²) in [4.78, 5) is 23.4. The fourth-order valence-corrected chi connectivity index (χ4v) is 2.80. The van der Waals surface area contributed by atoms with Crippen LogP contribution in [0.25, 0.3) is 0 Å². The zero-order chi connectivity index (χ0) is 15.2. The summed E-state index contributed by atoms with van der Waals surface area (Å²) in [6.07, 6.45) is 0.966. The van der Waals surface area contributed by atoms with E-state index in [4.69, 9.17) is 5.11 Å². The summed E-state index contributed by atoms with van der Waals surface area (Å²) < 4.78 is 1.68. The highest BCUT2D eigenvalue weighted by Gasteiger charge is 2.06.